The summed E-state index contributed by atoms with van der Waals surface area (Å²) in [7, 11) is -3.30. The molecule has 0 fully saturated rings. The minimum atomic E-state index is -3.30. The van der Waals surface area contributed by atoms with Crippen LogP contribution in [0.2, 0.25) is 0 Å². The smallest absolute Gasteiger partial charge is 0.264 e. The zero-order chi connectivity index (χ0) is 17.9. The van der Waals surface area contributed by atoms with Gasteiger partial charge in [-0.1, -0.05) is 24.3 Å². The number of benzene rings is 2. The molecule has 6 heteroatoms. The molecule has 1 aliphatic rings. The fraction of sp³-hybridized carbons (Fsp3) is 0.316. The van der Waals surface area contributed by atoms with Gasteiger partial charge in [0.1, 0.15) is 5.75 Å². The maximum atomic E-state index is 12.7. The summed E-state index contributed by atoms with van der Waals surface area (Å²) in [4.78, 5) is 14.6. The fourth-order valence-electron chi connectivity index (χ4n) is 2.97. The zero-order valence-electron chi connectivity index (χ0n) is 14.1. The number of carbonyl (C=O) groups is 1. The molecule has 2 aromatic rings. The van der Waals surface area contributed by atoms with Crippen LogP contribution in [0.1, 0.15) is 18.4 Å². The van der Waals surface area contributed by atoms with E-state index < -0.39 is 9.84 Å². The first-order chi connectivity index (χ1) is 11.9. The van der Waals surface area contributed by atoms with Crippen LogP contribution in [0, 0.1) is 0 Å². The topological polar surface area (TPSA) is 63.7 Å². The average molecular weight is 359 g/mol. The van der Waals surface area contributed by atoms with Crippen LogP contribution in [-0.2, 0) is 21.1 Å². The summed E-state index contributed by atoms with van der Waals surface area (Å²) in [6, 6.07) is 14.1. The molecule has 1 aliphatic heterocycles. The molecule has 0 bridgehead atoms. The number of fused-ring (bicyclic) bond motifs is 1. The van der Waals surface area contributed by atoms with Crippen LogP contribution in [-0.4, -0.2) is 33.7 Å². The number of hydrogen-bond acceptors (Lipinski definition) is 4. The lowest BCUT2D eigenvalue weighted by Crippen LogP contribution is -2.35. The largest absolute Gasteiger partial charge is 0.484 e. The highest BCUT2D eigenvalue weighted by atomic mass is 32.2. The maximum absolute atomic E-state index is 12.7. The Kier molecular flexibility index (Phi) is 5.08. The number of amides is 1. The van der Waals surface area contributed by atoms with Gasteiger partial charge in [-0.25, -0.2) is 8.42 Å². The van der Waals surface area contributed by atoms with E-state index in [4.69, 9.17) is 4.74 Å². The molecule has 0 unspecified atom stereocenters. The lowest BCUT2D eigenvalue weighted by molar-refractivity contribution is -0.120. The van der Waals surface area contributed by atoms with Gasteiger partial charge >= 0.3 is 0 Å². The normalized spacial score (nSPS) is 14.5. The lowest BCUT2D eigenvalue weighted by atomic mass is 10.1. The van der Waals surface area contributed by atoms with Crippen molar-refractivity contribution in [1.29, 1.82) is 0 Å². The summed E-state index contributed by atoms with van der Waals surface area (Å²) in [6.07, 6.45) is 4.12. The molecule has 1 amide bonds. The van der Waals surface area contributed by atoms with Crippen molar-refractivity contribution < 1.29 is 17.9 Å². The van der Waals surface area contributed by atoms with E-state index in [0.29, 0.717) is 12.3 Å². The maximum Gasteiger partial charge on any atom is 0.264 e. The van der Waals surface area contributed by atoms with Gasteiger partial charge in [0, 0.05) is 18.5 Å². The van der Waals surface area contributed by atoms with Gasteiger partial charge in [-0.05, 0) is 49.1 Å². The predicted molar refractivity (Wildman–Crippen MR) is 96.8 cm³/mol. The molecule has 0 aromatic heterocycles. The van der Waals surface area contributed by atoms with Crippen LogP contribution in [0.4, 0.5) is 5.69 Å². The Morgan fingerprint density at radius 1 is 1.12 bits per heavy atom. The fourth-order valence-corrected chi connectivity index (χ4v) is 3.62. The predicted octanol–water partition coefficient (Wildman–Crippen LogP) is 2.84. The highest BCUT2D eigenvalue weighted by Gasteiger charge is 2.21. The van der Waals surface area contributed by atoms with Gasteiger partial charge in [-0.15, -0.1) is 0 Å². The number of carbonyl (C=O) groups excluding carboxylic acids is 1. The van der Waals surface area contributed by atoms with Gasteiger partial charge < -0.3 is 9.64 Å². The lowest BCUT2D eigenvalue weighted by Gasteiger charge is -2.23. The number of nitrogens with zero attached hydrogens (tertiary/aromatic N) is 1. The first kappa shape index (κ1) is 17.5. The Labute approximate surface area is 148 Å². The number of ether oxygens (including phenoxy) is 1. The minimum Gasteiger partial charge on any atom is -0.484 e. The molecule has 1 heterocycles. The standard InChI is InChI=1S/C19H21NO4S/c1-25(22,23)17-10-6-9-16(13-17)24-14-19(21)20-12-5-4-8-15-7-2-3-11-18(15)20/h2-3,6-7,9-11,13H,4-5,8,12,14H2,1H3. The molecule has 0 saturated heterocycles. The molecule has 25 heavy (non-hydrogen) atoms. The Morgan fingerprint density at radius 3 is 2.72 bits per heavy atom. The zero-order valence-corrected chi connectivity index (χ0v) is 15.0. The first-order valence-electron chi connectivity index (χ1n) is 8.26. The molecule has 0 radical (unpaired) electrons. The van der Waals surface area contributed by atoms with Crippen LogP contribution in [0.5, 0.6) is 5.75 Å². The molecule has 0 atom stereocenters. The van der Waals surface area contributed by atoms with Gasteiger partial charge in [-0.3, -0.25) is 4.79 Å². The summed E-state index contributed by atoms with van der Waals surface area (Å²) in [5.74, 6) is 0.249. The molecule has 0 saturated carbocycles. The number of anilines is 1. The van der Waals surface area contributed by atoms with Gasteiger partial charge in [0.25, 0.3) is 5.91 Å². The van der Waals surface area contributed by atoms with Gasteiger partial charge in [-0.2, -0.15) is 0 Å². The summed E-state index contributed by atoms with van der Waals surface area (Å²) in [5.41, 5.74) is 2.12. The van der Waals surface area contributed by atoms with E-state index in [1.165, 1.54) is 17.7 Å². The quantitative estimate of drug-likeness (QED) is 0.842. The Morgan fingerprint density at radius 2 is 1.92 bits per heavy atom. The van der Waals surface area contributed by atoms with E-state index in [-0.39, 0.29) is 17.4 Å². The van der Waals surface area contributed by atoms with Crippen molar-refractivity contribution in [2.75, 3.05) is 24.3 Å². The van der Waals surface area contributed by atoms with E-state index in [1.807, 2.05) is 18.2 Å². The first-order valence-corrected chi connectivity index (χ1v) is 10.2. The van der Waals surface area contributed by atoms with Crippen molar-refractivity contribution in [3.8, 4) is 5.75 Å². The SMILES string of the molecule is CS(=O)(=O)c1cccc(OCC(=O)N2CCCCc3ccccc32)c1. The second-order valence-electron chi connectivity index (χ2n) is 6.17. The number of rotatable bonds is 4. The molecular weight excluding hydrogens is 338 g/mol. The highest BCUT2D eigenvalue weighted by molar-refractivity contribution is 7.90. The van der Waals surface area contributed by atoms with Gasteiger partial charge in [0.2, 0.25) is 0 Å². The van der Waals surface area contributed by atoms with Crippen LogP contribution in [0.15, 0.2) is 53.4 Å². The Balaban J connectivity index is 1.73. The number of sulfone groups is 1. The van der Waals surface area contributed by atoms with E-state index in [0.717, 1.165) is 31.2 Å². The molecule has 0 aliphatic carbocycles. The Hall–Kier alpha value is -2.34. The highest BCUT2D eigenvalue weighted by Crippen LogP contribution is 2.26. The Bertz CT molecular complexity index is 876. The minimum absolute atomic E-state index is 0.123. The summed E-state index contributed by atoms with van der Waals surface area (Å²) >= 11 is 0. The molecule has 0 spiro atoms. The number of para-hydroxylation sites is 1. The third-order valence-corrected chi connectivity index (χ3v) is 5.37. The van der Waals surface area contributed by atoms with E-state index in [9.17, 15) is 13.2 Å². The third-order valence-electron chi connectivity index (χ3n) is 4.26. The van der Waals surface area contributed by atoms with Crippen LogP contribution in [0.3, 0.4) is 0 Å². The summed E-state index contributed by atoms with van der Waals surface area (Å²) in [5, 5.41) is 0. The van der Waals surface area contributed by atoms with Crippen molar-refractivity contribution in [2.24, 2.45) is 0 Å². The monoisotopic (exact) mass is 359 g/mol. The number of hydrogen-bond donors (Lipinski definition) is 0. The van der Waals surface area contributed by atoms with Crippen LogP contribution >= 0.6 is 0 Å². The second kappa shape index (κ2) is 7.27. The molecule has 5 nitrogen and oxygen atoms in total. The van der Waals surface area contributed by atoms with E-state index in [2.05, 4.69) is 6.07 Å². The van der Waals surface area contributed by atoms with Crippen molar-refractivity contribution in [2.45, 2.75) is 24.2 Å². The number of aryl methyl sites for hydroxylation is 1. The van der Waals surface area contributed by atoms with Gasteiger partial charge in [0.05, 0.1) is 4.90 Å². The van der Waals surface area contributed by atoms with Crippen molar-refractivity contribution in [3.05, 3.63) is 54.1 Å². The second-order valence-corrected chi connectivity index (χ2v) is 8.18. The molecular formula is C19H21NO4S. The molecule has 2 aromatic carbocycles. The summed E-state index contributed by atoms with van der Waals surface area (Å²) < 4.78 is 28.8. The molecule has 132 valence electrons. The van der Waals surface area contributed by atoms with E-state index in [1.54, 1.807) is 17.0 Å². The van der Waals surface area contributed by atoms with E-state index >= 15 is 0 Å². The van der Waals surface area contributed by atoms with Crippen molar-refractivity contribution in [1.82, 2.24) is 0 Å². The van der Waals surface area contributed by atoms with Gasteiger partial charge in [0.15, 0.2) is 16.4 Å². The molecule has 0 N–H and O–H groups in total. The van der Waals surface area contributed by atoms with Crippen LogP contribution in [0.25, 0.3) is 0 Å². The van der Waals surface area contributed by atoms with Crippen LogP contribution < -0.4 is 9.64 Å². The average Bonchev–Trinajstić information content (AvgIpc) is 2.82. The summed E-state index contributed by atoms with van der Waals surface area (Å²) in [6.45, 7) is 0.546. The third kappa shape index (κ3) is 4.20. The molecule has 3 rings (SSSR count). The van der Waals surface area contributed by atoms with Crippen molar-refractivity contribution >= 4 is 21.4 Å². The van der Waals surface area contributed by atoms with Crippen molar-refractivity contribution in [3.63, 3.8) is 0 Å².